The van der Waals surface area contributed by atoms with Crippen molar-refractivity contribution in [2.24, 2.45) is 5.92 Å². The Morgan fingerprint density at radius 3 is 2.41 bits per heavy atom. The third-order valence-electron chi connectivity index (χ3n) is 3.24. The van der Waals surface area contributed by atoms with E-state index >= 15 is 0 Å². The summed E-state index contributed by atoms with van der Waals surface area (Å²) in [6.45, 7) is 2.30. The summed E-state index contributed by atoms with van der Waals surface area (Å²) >= 11 is 1.78. The highest BCUT2D eigenvalue weighted by Crippen LogP contribution is 2.31. The average Bonchev–Trinajstić information content (AvgIpc) is 2.28. The summed E-state index contributed by atoms with van der Waals surface area (Å²) in [5.74, 6) is 0.470. The molecule has 0 aromatic rings. The molecule has 1 fully saturated rings. The number of nitrogens with zero attached hydrogens (tertiary/aromatic N) is 1. The fourth-order valence-corrected chi connectivity index (χ4v) is 2.61. The molecular weight excluding hydrogens is 251 g/mol. The Morgan fingerprint density at radius 1 is 1.35 bits per heavy atom. The molecule has 0 saturated carbocycles. The molecule has 0 bridgehead atoms. The number of hydrogen-bond acceptors (Lipinski definition) is 3. The van der Waals surface area contributed by atoms with E-state index in [9.17, 15) is 13.2 Å². The minimum atomic E-state index is -4.47. The summed E-state index contributed by atoms with van der Waals surface area (Å²) in [4.78, 5) is 2.19. The molecule has 1 unspecified atom stereocenters. The fourth-order valence-electron chi connectivity index (χ4n) is 2.19. The van der Waals surface area contributed by atoms with E-state index in [4.69, 9.17) is 5.11 Å². The van der Waals surface area contributed by atoms with E-state index in [2.05, 4.69) is 4.90 Å². The Balaban J connectivity index is 2.26. The lowest BCUT2D eigenvalue weighted by Crippen LogP contribution is -2.43. The zero-order valence-corrected chi connectivity index (χ0v) is 10.9. The van der Waals surface area contributed by atoms with Crippen molar-refractivity contribution in [2.75, 3.05) is 31.6 Å². The smallest absolute Gasteiger partial charge is 0.383 e. The Hall–Kier alpha value is 0.0600. The minimum absolute atomic E-state index is 0.444. The summed E-state index contributed by atoms with van der Waals surface area (Å²) in [6.07, 6.45) is -2.60. The lowest BCUT2D eigenvalue weighted by Gasteiger charge is -2.34. The lowest BCUT2D eigenvalue weighted by atomic mass is 9.91. The Morgan fingerprint density at radius 2 is 1.94 bits per heavy atom. The van der Waals surface area contributed by atoms with Crippen LogP contribution in [-0.2, 0) is 0 Å². The molecule has 2 nitrogen and oxygen atoms in total. The molecule has 0 aliphatic carbocycles. The highest BCUT2D eigenvalue weighted by Gasteiger charge is 2.43. The molecule has 0 aromatic carbocycles. The van der Waals surface area contributed by atoms with Crippen LogP contribution in [-0.4, -0.2) is 53.9 Å². The predicted molar refractivity (Wildman–Crippen MR) is 64.2 cm³/mol. The van der Waals surface area contributed by atoms with Crippen molar-refractivity contribution in [3.63, 3.8) is 0 Å². The van der Waals surface area contributed by atoms with Gasteiger partial charge in [0.15, 0.2) is 6.10 Å². The van der Waals surface area contributed by atoms with Crippen LogP contribution >= 0.6 is 11.8 Å². The molecule has 6 heteroatoms. The number of thioether (sulfide) groups is 1. The SMILES string of the molecule is CSCCCN1CCC(C(O)C(F)(F)F)CC1. The molecule has 1 aliphatic heterocycles. The molecule has 1 aliphatic rings. The van der Waals surface area contributed by atoms with Crippen molar-refractivity contribution >= 4 is 11.8 Å². The Kier molecular flexibility index (Phi) is 6.09. The maximum Gasteiger partial charge on any atom is 0.414 e. The van der Waals surface area contributed by atoms with Gasteiger partial charge in [-0.3, -0.25) is 0 Å². The second kappa shape index (κ2) is 6.85. The number of hydrogen-bond donors (Lipinski definition) is 1. The van der Waals surface area contributed by atoms with Crippen LogP contribution in [0.4, 0.5) is 13.2 Å². The van der Waals surface area contributed by atoms with Gasteiger partial charge in [-0.1, -0.05) is 0 Å². The topological polar surface area (TPSA) is 23.5 Å². The second-order valence-corrected chi connectivity index (χ2v) is 5.50. The fraction of sp³-hybridized carbons (Fsp3) is 1.00. The number of halogens is 3. The molecule has 1 atom stereocenters. The molecule has 1 rings (SSSR count). The van der Waals surface area contributed by atoms with Crippen molar-refractivity contribution < 1.29 is 18.3 Å². The molecule has 1 heterocycles. The van der Waals surface area contributed by atoms with Gasteiger partial charge in [-0.15, -0.1) is 0 Å². The van der Waals surface area contributed by atoms with E-state index < -0.39 is 18.2 Å². The van der Waals surface area contributed by atoms with Gasteiger partial charge in [0.05, 0.1) is 0 Å². The van der Waals surface area contributed by atoms with Gasteiger partial charge in [0.1, 0.15) is 0 Å². The highest BCUT2D eigenvalue weighted by atomic mass is 32.2. The monoisotopic (exact) mass is 271 g/mol. The summed E-state index contributed by atoms with van der Waals surface area (Å²) in [5.41, 5.74) is 0. The number of alkyl halides is 3. The van der Waals surface area contributed by atoms with Gasteiger partial charge in [0, 0.05) is 0 Å². The van der Waals surface area contributed by atoms with Gasteiger partial charge in [0.25, 0.3) is 0 Å². The van der Waals surface area contributed by atoms with Gasteiger partial charge in [-0.05, 0) is 56.8 Å². The van der Waals surface area contributed by atoms with Crippen molar-refractivity contribution in [2.45, 2.75) is 31.5 Å². The second-order valence-electron chi connectivity index (χ2n) is 4.51. The van der Waals surface area contributed by atoms with Crippen LogP contribution in [0.25, 0.3) is 0 Å². The Labute approximate surface area is 105 Å². The third-order valence-corrected chi connectivity index (χ3v) is 3.93. The molecular formula is C11H20F3NOS. The van der Waals surface area contributed by atoms with Crippen molar-refractivity contribution in [3.8, 4) is 0 Å². The van der Waals surface area contributed by atoms with E-state index in [1.54, 1.807) is 11.8 Å². The zero-order chi connectivity index (χ0) is 12.9. The van der Waals surface area contributed by atoms with Crippen molar-refractivity contribution in [3.05, 3.63) is 0 Å². The van der Waals surface area contributed by atoms with E-state index in [1.807, 2.05) is 6.26 Å². The van der Waals surface area contributed by atoms with E-state index in [0.717, 1.165) is 18.7 Å². The number of likely N-dealkylation sites (tertiary alicyclic amines) is 1. The van der Waals surface area contributed by atoms with Gasteiger partial charge in [0.2, 0.25) is 0 Å². The first-order valence-electron chi connectivity index (χ1n) is 5.91. The number of aliphatic hydroxyl groups excluding tert-OH is 1. The standard InChI is InChI=1S/C11H20F3NOS/c1-17-8-2-5-15-6-3-9(4-7-15)10(16)11(12,13)14/h9-10,16H,2-8H2,1H3. The van der Waals surface area contributed by atoms with Crippen LogP contribution < -0.4 is 0 Å². The van der Waals surface area contributed by atoms with E-state index in [0.29, 0.717) is 25.9 Å². The summed E-state index contributed by atoms with van der Waals surface area (Å²) < 4.78 is 36.9. The molecule has 1 saturated heterocycles. The predicted octanol–water partition coefficient (Wildman–Crippen LogP) is 2.37. The first-order valence-corrected chi connectivity index (χ1v) is 7.30. The molecule has 1 N–H and O–H groups in total. The maximum atomic E-state index is 12.3. The molecule has 0 radical (unpaired) electrons. The van der Waals surface area contributed by atoms with Gasteiger partial charge in [-0.25, -0.2) is 0 Å². The highest BCUT2D eigenvalue weighted by molar-refractivity contribution is 7.98. The molecule has 17 heavy (non-hydrogen) atoms. The zero-order valence-electron chi connectivity index (χ0n) is 10.0. The Bertz CT molecular complexity index is 217. The van der Waals surface area contributed by atoms with Gasteiger partial charge in [-0.2, -0.15) is 24.9 Å². The lowest BCUT2D eigenvalue weighted by molar-refractivity contribution is -0.223. The maximum absolute atomic E-state index is 12.3. The third kappa shape index (κ3) is 5.06. The van der Waals surface area contributed by atoms with Gasteiger partial charge < -0.3 is 10.0 Å². The normalized spacial score (nSPS) is 21.7. The summed E-state index contributed by atoms with van der Waals surface area (Å²) in [6, 6.07) is 0. The largest absolute Gasteiger partial charge is 0.414 e. The van der Waals surface area contributed by atoms with Gasteiger partial charge >= 0.3 is 6.18 Å². The van der Waals surface area contributed by atoms with Crippen molar-refractivity contribution in [1.82, 2.24) is 4.90 Å². The number of rotatable bonds is 5. The van der Waals surface area contributed by atoms with Crippen LogP contribution in [0.3, 0.4) is 0 Å². The first kappa shape index (κ1) is 15.1. The molecule has 0 spiro atoms. The average molecular weight is 271 g/mol. The van der Waals surface area contributed by atoms with Crippen molar-refractivity contribution in [1.29, 1.82) is 0 Å². The summed E-state index contributed by atoms with van der Waals surface area (Å²) in [7, 11) is 0. The van der Waals surface area contributed by atoms with Crippen LogP contribution in [0.15, 0.2) is 0 Å². The van der Waals surface area contributed by atoms with Crippen LogP contribution in [0.5, 0.6) is 0 Å². The molecule has 0 amide bonds. The molecule has 0 aromatic heterocycles. The number of piperidine rings is 1. The van der Waals surface area contributed by atoms with Crippen LogP contribution in [0.2, 0.25) is 0 Å². The first-order chi connectivity index (χ1) is 7.95. The minimum Gasteiger partial charge on any atom is -0.383 e. The van der Waals surface area contributed by atoms with Crippen LogP contribution in [0.1, 0.15) is 19.3 Å². The van der Waals surface area contributed by atoms with E-state index in [-0.39, 0.29) is 0 Å². The molecule has 102 valence electrons. The van der Waals surface area contributed by atoms with Crippen LogP contribution in [0, 0.1) is 5.92 Å². The summed E-state index contributed by atoms with van der Waals surface area (Å²) in [5, 5.41) is 9.16. The quantitative estimate of drug-likeness (QED) is 0.777. The van der Waals surface area contributed by atoms with E-state index in [1.165, 1.54) is 0 Å². The number of aliphatic hydroxyl groups is 1.